The Balaban J connectivity index is 1.83. The molecule has 3 aromatic carbocycles. The van der Waals surface area contributed by atoms with Crippen LogP contribution in [0.1, 0.15) is 36.0 Å². The zero-order valence-corrected chi connectivity index (χ0v) is 20.1. The first-order chi connectivity index (χ1) is 17.1. The van der Waals surface area contributed by atoms with Gasteiger partial charge in [0.1, 0.15) is 17.3 Å². The Morgan fingerprint density at radius 1 is 1.11 bits per heavy atom. The van der Waals surface area contributed by atoms with Crippen molar-refractivity contribution in [1.82, 2.24) is 4.98 Å². The van der Waals surface area contributed by atoms with Gasteiger partial charge in [-0.05, 0) is 65.8 Å². The number of fused-ring (bicyclic) bond motifs is 1. The first kappa shape index (κ1) is 23.0. The van der Waals surface area contributed by atoms with Crippen molar-refractivity contribution < 1.29 is 18.7 Å². The van der Waals surface area contributed by atoms with Crippen molar-refractivity contribution in [2.75, 3.05) is 7.11 Å². The van der Waals surface area contributed by atoms with E-state index in [-0.39, 0.29) is 11.7 Å². The molecule has 1 aromatic heterocycles. The molecule has 1 saturated carbocycles. The first-order valence-corrected chi connectivity index (χ1v) is 12.3. The van der Waals surface area contributed by atoms with Gasteiger partial charge >= 0.3 is 5.97 Å². The van der Waals surface area contributed by atoms with Crippen LogP contribution in [-0.4, -0.2) is 18.1 Å². The lowest BCUT2D eigenvalue weighted by Gasteiger charge is -2.32. The first-order valence-electron chi connectivity index (χ1n) is 11.4. The molecular weight excluding hydrogens is 461 g/mol. The number of allylic oxidation sites excluding steroid dienone is 1. The predicted octanol–water partition coefficient (Wildman–Crippen LogP) is 7.29. The Hall–Kier alpha value is -3.77. The van der Waals surface area contributed by atoms with E-state index >= 15 is 4.39 Å². The highest BCUT2D eigenvalue weighted by atomic mass is 32.1. The van der Waals surface area contributed by atoms with Gasteiger partial charge in [-0.15, -0.1) is 11.3 Å². The average molecular weight is 486 g/mol. The Labute approximate surface area is 207 Å². The molecule has 0 atom stereocenters. The van der Waals surface area contributed by atoms with Gasteiger partial charge in [-0.2, -0.15) is 0 Å². The highest BCUT2D eigenvalue weighted by molar-refractivity contribution is 7.16. The number of aromatic nitrogens is 1. The minimum Gasteiger partial charge on any atom is -0.497 e. The van der Waals surface area contributed by atoms with Gasteiger partial charge in [-0.1, -0.05) is 37.3 Å². The minimum absolute atomic E-state index is 0.169. The van der Waals surface area contributed by atoms with E-state index < -0.39 is 5.97 Å². The molecule has 1 heterocycles. The second-order valence-corrected chi connectivity index (χ2v) is 9.30. The number of nitrogens with zero attached hydrogens (tertiary/aromatic N) is 1. The molecule has 6 heteroatoms. The zero-order valence-electron chi connectivity index (χ0n) is 19.3. The molecule has 0 unspecified atom stereocenters. The van der Waals surface area contributed by atoms with Crippen molar-refractivity contribution in [2.45, 2.75) is 19.3 Å². The smallest absolute Gasteiger partial charge is 0.335 e. The fourth-order valence-corrected chi connectivity index (χ4v) is 5.14. The van der Waals surface area contributed by atoms with E-state index in [0.29, 0.717) is 17.1 Å². The van der Waals surface area contributed by atoms with Crippen LogP contribution in [0.25, 0.3) is 21.4 Å². The fourth-order valence-electron chi connectivity index (χ4n) is 4.48. The number of ether oxygens (including phenoxy) is 2. The summed E-state index contributed by atoms with van der Waals surface area (Å²) in [6.07, 6.45) is 4.13. The summed E-state index contributed by atoms with van der Waals surface area (Å²) in [4.78, 5) is 16.7. The van der Waals surface area contributed by atoms with Crippen molar-refractivity contribution in [3.63, 3.8) is 0 Å². The maximum absolute atomic E-state index is 15.5. The molecule has 0 amide bonds. The third-order valence-corrected chi connectivity index (χ3v) is 7.21. The Kier molecular flexibility index (Phi) is 6.47. The number of carbonyl (C=O) groups is 1. The standard InChI is InChI=1S/C29H24FNO3S/c1-3-27(32)34-25-10-5-4-9-22(25)29(19-11-14-26-24(15-19)31-17-35-26)28(18-7-6-8-18)21-13-12-20(33-2)16-23(21)30/h3-5,9-18H,1,6-8H2,2H3/b29-28-. The molecule has 0 spiro atoms. The summed E-state index contributed by atoms with van der Waals surface area (Å²) in [7, 11) is 1.52. The molecule has 176 valence electrons. The van der Waals surface area contributed by atoms with Gasteiger partial charge < -0.3 is 9.47 Å². The van der Waals surface area contributed by atoms with Crippen LogP contribution in [0.3, 0.4) is 0 Å². The lowest BCUT2D eigenvalue weighted by Crippen LogP contribution is -2.16. The van der Waals surface area contributed by atoms with Crippen molar-refractivity contribution in [2.24, 2.45) is 5.92 Å². The van der Waals surface area contributed by atoms with Crippen molar-refractivity contribution >= 4 is 38.7 Å². The molecule has 4 aromatic rings. The molecular formula is C29H24FNO3S. The highest BCUT2D eigenvalue weighted by Crippen LogP contribution is 2.47. The number of carbonyl (C=O) groups excluding carboxylic acids is 1. The summed E-state index contributed by atoms with van der Waals surface area (Å²) in [6.45, 7) is 3.52. The summed E-state index contributed by atoms with van der Waals surface area (Å²) >= 11 is 1.57. The quantitative estimate of drug-likeness (QED) is 0.119. The monoisotopic (exact) mass is 485 g/mol. The third kappa shape index (κ3) is 4.49. The lowest BCUT2D eigenvalue weighted by molar-refractivity contribution is -0.128. The SMILES string of the molecule is C=CC(=O)Oc1ccccc1/C(=C(\c1ccc(OC)cc1F)C1CCC1)c1ccc2scnc2c1. The Morgan fingerprint density at radius 3 is 2.66 bits per heavy atom. The van der Waals surface area contributed by atoms with Crippen LogP contribution in [0.5, 0.6) is 11.5 Å². The third-order valence-electron chi connectivity index (χ3n) is 6.40. The van der Waals surface area contributed by atoms with Crippen LogP contribution in [0, 0.1) is 11.7 Å². The van der Waals surface area contributed by atoms with Gasteiger partial charge in [0.2, 0.25) is 0 Å². The number of thiazole rings is 1. The normalized spacial score (nSPS) is 14.2. The molecule has 4 nitrogen and oxygen atoms in total. The molecule has 5 rings (SSSR count). The number of benzene rings is 3. The van der Waals surface area contributed by atoms with Gasteiger partial charge in [-0.25, -0.2) is 14.2 Å². The lowest BCUT2D eigenvalue weighted by atomic mass is 9.73. The maximum atomic E-state index is 15.5. The number of para-hydroxylation sites is 1. The Morgan fingerprint density at radius 2 is 1.94 bits per heavy atom. The zero-order chi connectivity index (χ0) is 24.4. The number of halogens is 1. The van der Waals surface area contributed by atoms with Gasteiger partial charge in [0.15, 0.2) is 0 Å². The van der Waals surface area contributed by atoms with E-state index in [1.54, 1.807) is 29.5 Å². The molecule has 1 fully saturated rings. The highest BCUT2D eigenvalue weighted by Gasteiger charge is 2.30. The predicted molar refractivity (Wildman–Crippen MR) is 138 cm³/mol. The molecule has 35 heavy (non-hydrogen) atoms. The van der Waals surface area contributed by atoms with Crippen LogP contribution >= 0.6 is 11.3 Å². The number of esters is 1. The van der Waals surface area contributed by atoms with Crippen LogP contribution in [0.15, 0.2) is 78.8 Å². The van der Waals surface area contributed by atoms with Gasteiger partial charge in [0, 0.05) is 23.3 Å². The van der Waals surface area contributed by atoms with E-state index in [2.05, 4.69) is 11.6 Å². The molecule has 0 saturated heterocycles. The van der Waals surface area contributed by atoms with Crippen molar-refractivity contribution in [1.29, 1.82) is 0 Å². The summed E-state index contributed by atoms with van der Waals surface area (Å²) in [5.41, 5.74) is 6.54. The van der Waals surface area contributed by atoms with Crippen LogP contribution in [0.2, 0.25) is 0 Å². The Bertz CT molecular complexity index is 1450. The molecule has 0 aliphatic heterocycles. The molecule has 0 radical (unpaired) electrons. The molecule has 0 N–H and O–H groups in total. The summed E-state index contributed by atoms with van der Waals surface area (Å²) in [5, 5.41) is 0. The number of methoxy groups -OCH3 is 1. The summed E-state index contributed by atoms with van der Waals surface area (Å²) in [6, 6.07) is 18.4. The molecule has 0 bridgehead atoms. The maximum Gasteiger partial charge on any atom is 0.335 e. The van der Waals surface area contributed by atoms with Crippen molar-refractivity contribution in [3.8, 4) is 11.5 Å². The van der Waals surface area contributed by atoms with Crippen molar-refractivity contribution in [3.05, 3.63) is 101 Å². The van der Waals surface area contributed by atoms with E-state index in [0.717, 1.165) is 57.8 Å². The minimum atomic E-state index is -0.549. The summed E-state index contributed by atoms with van der Waals surface area (Å²) < 4.78 is 27.5. The van der Waals surface area contributed by atoms with Gasteiger partial charge in [-0.3, -0.25) is 0 Å². The number of hydrogen-bond acceptors (Lipinski definition) is 5. The van der Waals surface area contributed by atoms with Crippen LogP contribution in [-0.2, 0) is 4.79 Å². The largest absolute Gasteiger partial charge is 0.497 e. The average Bonchev–Trinajstić information content (AvgIpc) is 3.31. The number of rotatable bonds is 7. The second kappa shape index (κ2) is 9.84. The summed E-state index contributed by atoms with van der Waals surface area (Å²) in [5.74, 6) is 0.135. The molecule has 1 aliphatic carbocycles. The second-order valence-electron chi connectivity index (χ2n) is 8.42. The molecule has 1 aliphatic rings. The van der Waals surface area contributed by atoms with E-state index in [1.807, 2.05) is 41.9 Å². The van der Waals surface area contributed by atoms with E-state index in [1.165, 1.54) is 13.2 Å². The van der Waals surface area contributed by atoms with E-state index in [9.17, 15) is 4.79 Å². The van der Waals surface area contributed by atoms with Gasteiger partial charge in [0.05, 0.1) is 22.8 Å². The number of hydrogen-bond donors (Lipinski definition) is 0. The van der Waals surface area contributed by atoms with E-state index in [4.69, 9.17) is 9.47 Å². The fraction of sp³-hybridized carbons (Fsp3) is 0.172. The van der Waals surface area contributed by atoms with Crippen LogP contribution < -0.4 is 9.47 Å². The topological polar surface area (TPSA) is 48.4 Å². The van der Waals surface area contributed by atoms with Gasteiger partial charge in [0.25, 0.3) is 0 Å². The van der Waals surface area contributed by atoms with Crippen LogP contribution in [0.4, 0.5) is 4.39 Å².